The molecule has 3 rings (SSSR count). The number of amides is 2. The van der Waals surface area contributed by atoms with Gasteiger partial charge in [0.1, 0.15) is 6.61 Å². The van der Waals surface area contributed by atoms with Gasteiger partial charge in [-0.1, -0.05) is 6.07 Å². The maximum atomic E-state index is 12.4. The molecule has 1 aliphatic heterocycles. The standard InChI is InChI=1S/C27H33BrN4O8/c1-6-38-20-12-17(24-23(26(34)37-5)15(3)30-27(35)31-24)8-9-19(20)40-14-22(33)32-29-13-16-10-18(28)25(36-4)21(11-16)39-7-2/h8-13,22,24,32-33H,6-7,14H2,1-5H3,(H2,30,31,35)/b29-13+/t22-,24+/m1/s1. The lowest BCUT2D eigenvalue weighted by Crippen LogP contribution is -2.45. The molecule has 0 spiro atoms. The first-order valence-electron chi connectivity index (χ1n) is 12.4. The molecule has 0 fully saturated rings. The van der Waals surface area contributed by atoms with Crippen LogP contribution in [0.15, 0.2) is 51.2 Å². The van der Waals surface area contributed by atoms with Gasteiger partial charge < -0.3 is 39.4 Å². The largest absolute Gasteiger partial charge is 0.492 e. The molecule has 216 valence electrons. The Hall–Kier alpha value is -3.97. The molecule has 2 aromatic rings. The molecular formula is C27H33BrN4O8. The summed E-state index contributed by atoms with van der Waals surface area (Å²) in [6.07, 6.45) is 0.386. The summed E-state index contributed by atoms with van der Waals surface area (Å²) in [4.78, 5) is 24.5. The number of benzene rings is 2. The molecule has 0 unspecified atom stereocenters. The van der Waals surface area contributed by atoms with E-state index in [1.54, 1.807) is 44.4 Å². The molecule has 0 bridgehead atoms. The van der Waals surface area contributed by atoms with Crippen LogP contribution >= 0.6 is 15.9 Å². The molecule has 40 heavy (non-hydrogen) atoms. The number of aliphatic hydroxyl groups excluding tert-OH is 1. The Kier molecular flexibility index (Phi) is 11.0. The third-order valence-corrected chi connectivity index (χ3v) is 6.23. The Morgan fingerprint density at radius 3 is 2.52 bits per heavy atom. The van der Waals surface area contributed by atoms with Crippen molar-refractivity contribution in [1.82, 2.24) is 16.1 Å². The van der Waals surface area contributed by atoms with E-state index < -0.39 is 24.3 Å². The minimum atomic E-state index is -1.14. The van der Waals surface area contributed by atoms with Crippen LogP contribution in [0, 0.1) is 0 Å². The van der Waals surface area contributed by atoms with Crippen LogP contribution in [0.3, 0.4) is 0 Å². The topological polar surface area (TPSA) is 149 Å². The summed E-state index contributed by atoms with van der Waals surface area (Å²) in [6, 6.07) is 7.37. The van der Waals surface area contributed by atoms with Crippen LogP contribution in [0.1, 0.15) is 37.9 Å². The van der Waals surface area contributed by atoms with Crippen molar-refractivity contribution in [2.45, 2.75) is 33.0 Å². The van der Waals surface area contributed by atoms with Gasteiger partial charge in [-0.05, 0) is 72.1 Å². The Labute approximate surface area is 240 Å². The number of rotatable bonds is 13. The Morgan fingerprint density at radius 1 is 1.12 bits per heavy atom. The first kappa shape index (κ1) is 30.6. The smallest absolute Gasteiger partial charge is 0.337 e. The lowest BCUT2D eigenvalue weighted by Gasteiger charge is -2.28. The summed E-state index contributed by atoms with van der Waals surface area (Å²) in [6.45, 7) is 5.97. The van der Waals surface area contributed by atoms with Gasteiger partial charge in [0.2, 0.25) is 0 Å². The number of allylic oxidation sites excluding steroid dienone is 1. The van der Waals surface area contributed by atoms with Crippen molar-refractivity contribution in [2.24, 2.45) is 5.10 Å². The number of nitrogens with one attached hydrogen (secondary N) is 3. The molecule has 2 atom stereocenters. The predicted octanol–water partition coefficient (Wildman–Crippen LogP) is 3.38. The average molecular weight is 621 g/mol. The molecule has 0 aromatic heterocycles. The van der Waals surface area contributed by atoms with Crippen LogP contribution in [0.25, 0.3) is 0 Å². The van der Waals surface area contributed by atoms with Crippen molar-refractivity contribution in [1.29, 1.82) is 0 Å². The van der Waals surface area contributed by atoms with Gasteiger partial charge in [0, 0.05) is 5.70 Å². The van der Waals surface area contributed by atoms with Crippen molar-refractivity contribution in [2.75, 3.05) is 34.0 Å². The lowest BCUT2D eigenvalue weighted by atomic mass is 9.95. The van der Waals surface area contributed by atoms with E-state index in [1.165, 1.54) is 13.3 Å². The molecule has 0 radical (unpaired) electrons. The van der Waals surface area contributed by atoms with Gasteiger partial charge in [-0.15, -0.1) is 0 Å². The second-order valence-electron chi connectivity index (χ2n) is 8.38. The molecule has 4 N–H and O–H groups in total. The molecule has 12 nitrogen and oxygen atoms in total. The third-order valence-electron chi connectivity index (χ3n) is 5.65. The first-order valence-corrected chi connectivity index (χ1v) is 13.2. The van der Waals surface area contributed by atoms with Gasteiger partial charge in [-0.2, -0.15) is 5.10 Å². The van der Waals surface area contributed by atoms with Crippen LogP contribution in [0.2, 0.25) is 0 Å². The SMILES string of the molecule is CCOc1cc([C@@H]2NC(=O)NC(C)=C2C(=O)OC)ccc1OC[C@@H](O)N/N=C/c1cc(Br)c(OC)c(OCC)c1. The molecule has 0 saturated carbocycles. The summed E-state index contributed by atoms with van der Waals surface area (Å²) in [5.74, 6) is 1.30. The van der Waals surface area contributed by atoms with Gasteiger partial charge in [0.05, 0.1) is 49.7 Å². The monoisotopic (exact) mass is 620 g/mol. The Balaban J connectivity index is 1.70. The highest BCUT2D eigenvalue weighted by atomic mass is 79.9. The van der Waals surface area contributed by atoms with Crippen molar-refractivity contribution in [3.05, 3.63) is 57.2 Å². The van der Waals surface area contributed by atoms with E-state index in [9.17, 15) is 14.7 Å². The van der Waals surface area contributed by atoms with Crippen molar-refractivity contribution in [3.63, 3.8) is 0 Å². The zero-order valence-electron chi connectivity index (χ0n) is 22.9. The molecule has 0 aliphatic carbocycles. The summed E-state index contributed by atoms with van der Waals surface area (Å²) in [7, 11) is 2.83. The molecular weight excluding hydrogens is 588 g/mol. The fraction of sp³-hybridized carbons (Fsp3) is 0.370. The Morgan fingerprint density at radius 2 is 1.85 bits per heavy atom. The van der Waals surface area contributed by atoms with Gasteiger partial charge in [-0.3, -0.25) is 5.43 Å². The van der Waals surface area contributed by atoms with Crippen LogP contribution in [-0.2, 0) is 9.53 Å². The number of esters is 1. The molecule has 2 aromatic carbocycles. The van der Waals surface area contributed by atoms with E-state index >= 15 is 0 Å². The molecule has 0 saturated heterocycles. The zero-order valence-corrected chi connectivity index (χ0v) is 24.5. The zero-order chi connectivity index (χ0) is 29.2. The van der Waals surface area contributed by atoms with Crippen molar-refractivity contribution < 1.29 is 38.4 Å². The number of aliphatic hydroxyl groups is 1. The van der Waals surface area contributed by atoms with Gasteiger partial charge in [0.25, 0.3) is 0 Å². The minimum absolute atomic E-state index is 0.149. The van der Waals surface area contributed by atoms with E-state index in [4.69, 9.17) is 23.7 Å². The summed E-state index contributed by atoms with van der Waals surface area (Å²) >= 11 is 3.45. The van der Waals surface area contributed by atoms with Crippen LogP contribution in [0.5, 0.6) is 23.0 Å². The number of carbonyl (C=O) groups is 2. The lowest BCUT2D eigenvalue weighted by molar-refractivity contribution is -0.136. The number of ether oxygens (including phenoxy) is 5. The van der Waals surface area contributed by atoms with Crippen molar-refractivity contribution in [3.8, 4) is 23.0 Å². The van der Waals surface area contributed by atoms with Gasteiger partial charge >= 0.3 is 12.0 Å². The second kappa shape index (κ2) is 14.4. The predicted molar refractivity (Wildman–Crippen MR) is 151 cm³/mol. The highest BCUT2D eigenvalue weighted by molar-refractivity contribution is 9.10. The summed E-state index contributed by atoms with van der Waals surface area (Å²) < 4.78 is 28.1. The highest BCUT2D eigenvalue weighted by Gasteiger charge is 2.32. The van der Waals surface area contributed by atoms with Crippen LogP contribution in [0.4, 0.5) is 4.79 Å². The van der Waals surface area contributed by atoms with Gasteiger partial charge in [0.15, 0.2) is 29.2 Å². The third kappa shape index (κ3) is 7.57. The fourth-order valence-corrected chi connectivity index (χ4v) is 4.57. The molecule has 2 amide bonds. The number of methoxy groups -OCH3 is 2. The Bertz CT molecular complexity index is 1280. The number of hydrazone groups is 1. The normalized spacial score (nSPS) is 15.7. The quantitative estimate of drug-likeness (QED) is 0.114. The average Bonchev–Trinajstić information content (AvgIpc) is 2.92. The highest BCUT2D eigenvalue weighted by Crippen LogP contribution is 2.36. The minimum Gasteiger partial charge on any atom is -0.492 e. The first-order chi connectivity index (χ1) is 19.2. The van der Waals surface area contributed by atoms with E-state index in [1.807, 2.05) is 13.8 Å². The number of hydrogen-bond donors (Lipinski definition) is 4. The maximum absolute atomic E-state index is 12.4. The van der Waals surface area contributed by atoms with Crippen LogP contribution in [-0.4, -0.2) is 63.6 Å². The van der Waals surface area contributed by atoms with E-state index in [-0.39, 0.29) is 12.2 Å². The fourth-order valence-electron chi connectivity index (χ4n) is 3.94. The van der Waals surface area contributed by atoms with Crippen molar-refractivity contribution >= 4 is 34.1 Å². The second-order valence-corrected chi connectivity index (χ2v) is 9.24. The maximum Gasteiger partial charge on any atom is 0.337 e. The van der Waals surface area contributed by atoms with Gasteiger partial charge in [-0.25, -0.2) is 9.59 Å². The van der Waals surface area contributed by atoms with E-state index in [2.05, 4.69) is 37.1 Å². The van der Waals surface area contributed by atoms with E-state index in [0.717, 1.165) is 0 Å². The number of nitrogens with zero attached hydrogens (tertiary/aromatic N) is 1. The summed E-state index contributed by atoms with van der Waals surface area (Å²) in [5, 5.41) is 19.8. The number of urea groups is 1. The summed E-state index contributed by atoms with van der Waals surface area (Å²) in [5.41, 5.74) is 4.58. The number of carbonyl (C=O) groups excluding carboxylic acids is 2. The number of halogens is 1. The molecule has 13 heteroatoms. The number of hydrogen-bond acceptors (Lipinski definition) is 10. The van der Waals surface area contributed by atoms with E-state index in [0.29, 0.717) is 57.5 Å². The molecule has 1 aliphatic rings. The van der Waals surface area contributed by atoms with Crippen LogP contribution < -0.4 is 35.0 Å². The molecule has 1 heterocycles.